The molecule has 3 nitrogen and oxygen atoms in total. The Morgan fingerprint density at radius 1 is 0.378 bits per heavy atom. The molecule has 0 saturated carbocycles. The van der Waals surface area contributed by atoms with Crippen molar-refractivity contribution >= 4 is 0 Å². The molecule has 3 aromatic carbocycles. The van der Waals surface area contributed by atoms with Gasteiger partial charge in [0.25, 0.3) is 0 Å². The van der Waals surface area contributed by atoms with Crippen molar-refractivity contribution in [2.75, 3.05) is 0 Å². The van der Waals surface area contributed by atoms with Crippen LogP contribution in [-0.4, -0.2) is 15.0 Å². The van der Waals surface area contributed by atoms with E-state index in [1.165, 1.54) is 0 Å². The van der Waals surface area contributed by atoms with Crippen molar-refractivity contribution in [1.82, 2.24) is 15.0 Å². The maximum Gasteiger partial charge on any atom is 0.0701 e. The van der Waals surface area contributed by atoms with Gasteiger partial charge in [-0.25, -0.2) is 0 Å². The smallest absolute Gasteiger partial charge is 0.0701 e. The Morgan fingerprint density at radius 2 is 0.784 bits per heavy atom. The fourth-order valence-electron chi connectivity index (χ4n) is 3.36. The molecule has 6 aromatic rings. The van der Waals surface area contributed by atoms with Gasteiger partial charge in [0.15, 0.2) is 0 Å². The summed E-state index contributed by atoms with van der Waals surface area (Å²) in [5.41, 5.74) is 6.39. The van der Waals surface area contributed by atoms with E-state index < -0.39 is 0 Å². The first-order chi connectivity index (χ1) is 17.9. The molecule has 0 spiro atoms. The van der Waals surface area contributed by atoms with E-state index in [1.54, 1.807) is 6.20 Å². The van der Waals surface area contributed by atoms with Gasteiger partial charge in [-0.3, -0.25) is 9.97 Å². The summed E-state index contributed by atoms with van der Waals surface area (Å²) in [6, 6.07) is 49.0. The van der Waals surface area contributed by atoms with Crippen molar-refractivity contribution in [3.8, 4) is 33.8 Å². The Balaban J connectivity index is 0.000000152. The predicted octanol–water partition coefficient (Wildman–Crippen LogP) is 8.04. The fourth-order valence-corrected chi connectivity index (χ4v) is 3.36. The molecule has 0 unspecified atom stereocenters. The zero-order chi connectivity index (χ0) is 24.7. The van der Waals surface area contributed by atoms with Gasteiger partial charge in [-0.05, 0) is 36.0 Å². The summed E-state index contributed by atoms with van der Waals surface area (Å²) in [6.45, 7) is 0. The van der Waals surface area contributed by atoms with E-state index in [1.807, 2.05) is 128 Å². The average Bonchev–Trinajstić information content (AvgIpc) is 3.01. The molecule has 0 amide bonds. The van der Waals surface area contributed by atoms with Crippen LogP contribution >= 0.6 is 0 Å². The van der Waals surface area contributed by atoms with E-state index in [0.29, 0.717) is 0 Å². The summed E-state index contributed by atoms with van der Waals surface area (Å²) in [7, 11) is 0. The molecule has 0 aliphatic carbocycles. The number of rotatable bonds is 3. The molecule has 6 rings (SSSR count). The zero-order valence-electron chi connectivity index (χ0n) is 20.2. The van der Waals surface area contributed by atoms with E-state index in [-0.39, 0.29) is 20.1 Å². The maximum absolute atomic E-state index is 4.25. The molecule has 0 fully saturated rings. The quantitative estimate of drug-likeness (QED) is 0.181. The Bertz CT molecular complexity index is 1090. The third-order valence-electron chi connectivity index (χ3n) is 5.12. The summed E-state index contributed by atoms with van der Waals surface area (Å²) in [4.78, 5) is 12.7. The number of pyridine rings is 3. The second-order valence-corrected chi connectivity index (χ2v) is 7.65. The summed E-state index contributed by atoms with van der Waals surface area (Å²) in [5.74, 6) is 0. The maximum atomic E-state index is 4.25. The SMILES string of the molecule is [Ir].[c-]1ccccc1-c1ccccn1.c1ccc(-c2ccccn2)cc1.c1ccc(-c2ccccn2)cc1. The van der Waals surface area contributed by atoms with E-state index in [0.717, 1.165) is 33.8 Å². The van der Waals surface area contributed by atoms with Gasteiger partial charge in [-0.15, -0.1) is 35.9 Å². The van der Waals surface area contributed by atoms with Crippen LogP contribution in [-0.2, 0) is 20.1 Å². The first-order valence-corrected chi connectivity index (χ1v) is 11.7. The van der Waals surface area contributed by atoms with Crippen LogP contribution in [0.2, 0.25) is 0 Å². The molecule has 3 aromatic heterocycles. The molecule has 0 saturated heterocycles. The summed E-state index contributed by atoms with van der Waals surface area (Å²) in [5, 5.41) is 0. The third kappa shape index (κ3) is 9.05. The van der Waals surface area contributed by atoms with Crippen molar-refractivity contribution in [2.45, 2.75) is 0 Å². The van der Waals surface area contributed by atoms with Gasteiger partial charge in [0.2, 0.25) is 0 Å². The minimum absolute atomic E-state index is 0. The minimum Gasteiger partial charge on any atom is -0.305 e. The molecule has 0 atom stereocenters. The molecule has 0 aliphatic rings. The normalized spacial score (nSPS) is 9.41. The summed E-state index contributed by atoms with van der Waals surface area (Å²) < 4.78 is 0. The average molecular weight is 657 g/mol. The standard InChI is InChI=1S/2C11H9N.C11H8N.Ir/c3*1-2-6-10(7-3-1)11-8-4-5-9-12-11;/h2*1-9H;1-6,8-9H;/q;;-1;. The van der Waals surface area contributed by atoms with Gasteiger partial charge in [0.05, 0.1) is 11.4 Å². The second kappa shape index (κ2) is 15.7. The topological polar surface area (TPSA) is 38.7 Å². The Labute approximate surface area is 232 Å². The molecule has 0 N–H and O–H groups in total. The van der Waals surface area contributed by atoms with Gasteiger partial charge in [-0.1, -0.05) is 84.9 Å². The largest absolute Gasteiger partial charge is 0.305 e. The van der Waals surface area contributed by atoms with Crippen LogP contribution in [0.1, 0.15) is 0 Å². The minimum atomic E-state index is 0. The zero-order valence-corrected chi connectivity index (χ0v) is 22.6. The van der Waals surface area contributed by atoms with Crippen LogP contribution in [0.3, 0.4) is 0 Å². The van der Waals surface area contributed by atoms with Gasteiger partial charge in [0, 0.05) is 49.8 Å². The van der Waals surface area contributed by atoms with Crippen molar-refractivity contribution in [3.05, 3.63) is 164 Å². The number of benzene rings is 3. The van der Waals surface area contributed by atoms with Gasteiger partial charge in [0.1, 0.15) is 0 Å². The van der Waals surface area contributed by atoms with E-state index in [2.05, 4.69) is 45.3 Å². The van der Waals surface area contributed by atoms with Crippen molar-refractivity contribution in [1.29, 1.82) is 0 Å². The van der Waals surface area contributed by atoms with Gasteiger partial charge >= 0.3 is 0 Å². The number of hydrogen-bond donors (Lipinski definition) is 0. The molecular weight excluding hydrogens is 631 g/mol. The third-order valence-corrected chi connectivity index (χ3v) is 5.12. The Morgan fingerprint density at radius 3 is 1.16 bits per heavy atom. The second-order valence-electron chi connectivity index (χ2n) is 7.65. The molecule has 3 heterocycles. The van der Waals surface area contributed by atoms with Crippen molar-refractivity contribution in [3.63, 3.8) is 0 Å². The Kier molecular flexibility index (Phi) is 11.6. The molecule has 0 bridgehead atoms. The number of aromatic nitrogens is 3. The van der Waals surface area contributed by atoms with E-state index in [4.69, 9.17) is 0 Å². The van der Waals surface area contributed by atoms with Crippen molar-refractivity contribution in [2.24, 2.45) is 0 Å². The van der Waals surface area contributed by atoms with Crippen LogP contribution in [0.15, 0.2) is 158 Å². The van der Waals surface area contributed by atoms with E-state index in [9.17, 15) is 0 Å². The van der Waals surface area contributed by atoms with Crippen LogP contribution in [0, 0.1) is 6.07 Å². The predicted molar refractivity (Wildman–Crippen MR) is 148 cm³/mol. The van der Waals surface area contributed by atoms with Gasteiger partial charge < -0.3 is 4.98 Å². The summed E-state index contributed by atoms with van der Waals surface area (Å²) >= 11 is 0. The summed E-state index contributed by atoms with van der Waals surface area (Å²) in [6.07, 6.45) is 5.40. The van der Waals surface area contributed by atoms with Gasteiger partial charge in [-0.2, -0.15) is 0 Å². The van der Waals surface area contributed by atoms with E-state index >= 15 is 0 Å². The van der Waals surface area contributed by atoms with Crippen LogP contribution in [0.5, 0.6) is 0 Å². The first-order valence-electron chi connectivity index (χ1n) is 11.7. The molecule has 183 valence electrons. The number of nitrogens with zero attached hydrogens (tertiary/aromatic N) is 3. The molecule has 0 aliphatic heterocycles. The first kappa shape index (κ1) is 27.3. The monoisotopic (exact) mass is 657 g/mol. The number of hydrogen-bond acceptors (Lipinski definition) is 3. The van der Waals surface area contributed by atoms with Crippen LogP contribution in [0.25, 0.3) is 33.8 Å². The van der Waals surface area contributed by atoms with Crippen LogP contribution < -0.4 is 0 Å². The molecule has 4 heteroatoms. The van der Waals surface area contributed by atoms with Crippen molar-refractivity contribution < 1.29 is 20.1 Å². The Hall–Kier alpha value is -4.24. The molecule has 37 heavy (non-hydrogen) atoms. The van der Waals surface area contributed by atoms with Crippen LogP contribution in [0.4, 0.5) is 0 Å². The molecular formula is C33H26IrN3-. The fraction of sp³-hybridized carbons (Fsp3) is 0. The molecule has 1 radical (unpaired) electrons.